The lowest BCUT2D eigenvalue weighted by Gasteiger charge is -2.32. The van der Waals surface area contributed by atoms with E-state index >= 15 is 0 Å². The van der Waals surface area contributed by atoms with Gasteiger partial charge in [0.25, 0.3) is 5.91 Å². The average Bonchev–Trinajstić information content (AvgIpc) is 3.13. The van der Waals surface area contributed by atoms with E-state index in [1.807, 2.05) is 36.4 Å². The monoisotopic (exact) mass is 541 g/mol. The smallest absolute Gasteiger partial charge is 0.266 e. The predicted octanol–water partition coefficient (Wildman–Crippen LogP) is 2.34. The van der Waals surface area contributed by atoms with Crippen molar-refractivity contribution in [2.24, 2.45) is 5.73 Å². The molecule has 4 rings (SSSR count). The Hall–Kier alpha value is -2.15. The summed E-state index contributed by atoms with van der Waals surface area (Å²) in [5.41, 5.74) is 5.91. The normalized spacial score (nSPS) is 17.8. The maximum atomic E-state index is 13.5. The molecule has 8 nitrogen and oxygen atoms in total. The highest BCUT2D eigenvalue weighted by molar-refractivity contribution is 14.1. The number of halogens is 1. The third-order valence-electron chi connectivity index (χ3n) is 4.84. The SMILES string of the molecule is NC(=O)c1[nH]c2ccc(I)cc2c1S(=O)(=O)N1CCOC(COc2ccccc2)C1. The number of amides is 1. The molecule has 2 heterocycles. The Morgan fingerprint density at radius 2 is 2.03 bits per heavy atom. The van der Waals surface area contributed by atoms with Crippen LogP contribution in [0.25, 0.3) is 10.9 Å². The maximum Gasteiger partial charge on any atom is 0.266 e. The molecular weight excluding hydrogens is 521 g/mol. The van der Waals surface area contributed by atoms with Crippen LogP contribution in [0.3, 0.4) is 0 Å². The molecule has 1 amide bonds. The summed E-state index contributed by atoms with van der Waals surface area (Å²) in [6, 6.07) is 14.5. The summed E-state index contributed by atoms with van der Waals surface area (Å²) in [4.78, 5) is 14.8. The lowest BCUT2D eigenvalue weighted by molar-refractivity contribution is -0.0249. The summed E-state index contributed by atoms with van der Waals surface area (Å²) in [6.07, 6.45) is -0.434. The first-order valence-corrected chi connectivity index (χ1v) is 11.8. The third kappa shape index (κ3) is 4.17. The number of rotatable bonds is 6. The first-order chi connectivity index (χ1) is 14.4. The van der Waals surface area contributed by atoms with Crippen molar-refractivity contribution in [1.82, 2.24) is 9.29 Å². The number of carbonyl (C=O) groups excluding carboxylic acids is 1. The van der Waals surface area contributed by atoms with Crippen LogP contribution in [-0.2, 0) is 14.8 Å². The second-order valence-electron chi connectivity index (χ2n) is 6.86. The van der Waals surface area contributed by atoms with Crippen LogP contribution < -0.4 is 10.5 Å². The number of para-hydroxylation sites is 1. The van der Waals surface area contributed by atoms with E-state index in [1.165, 1.54) is 4.31 Å². The van der Waals surface area contributed by atoms with Crippen molar-refractivity contribution in [3.05, 3.63) is 57.8 Å². The van der Waals surface area contributed by atoms with Crippen LogP contribution in [0.4, 0.5) is 0 Å². The van der Waals surface area contributed by atoms with E-state index in [4.69, 9.17) is 15.2 Å². The number of carbonyl (C=O) groups is 1. The van der Waals surface area contributed by atoms with E-state index in [2.05, 4.69) is 27.6 Å². The van der Waals surface area contributed by atoms with E-state index in [-0.39, 0.29) is 36.9 Å². The van der Waals surface area contributed by atoms with Gasteiger partial charge in [-0.05, 0) is 52.9 Å². The van der Waals surface area contributed by atoms with Crippen LogP contribution in [0.15, 0.2) is 53.4 Å². The van der Waals surface area contributed by atoms with Gasteiger partial charge in [-0.3, -0.25) is 4.79 Å². The minimum Gasteiger partial charge on any atom is -0.491 e. The highest BCUT2D eigenvalue weighted by Gasteiger charge is 2.36. The van der Waals surface area contributed by atoms with E-state index in [0.717, 1.165) is 3.57 Å². The average molecular weight is 541 g/mol. The molecule has 1 aliphatic rings. The van der Waals surface area contributed by atoms with Crippen molar-refractivity contribution in [2.45, 2.75) is 11.0 Å². The van der Waals surface area contributed by atoms with Crippen molar-refractivity contribution in [3.63, 3.8) is 0 Å². The van der Waals surface area contributed by atoms with Crippen molar-refractivity contribution >= 4 is 49.4 Å². The molecular formula is C20H20IN3O5S. The molecule has 10 heteroatoms. The molecule has 0 bridgehead atoms. The molecule has 0 spiro atoms. The van der Waals surface area contributed by atoms with Gasteiger partial charge in [-0.15, -0.1) is 0 Å². The van der Waals surface area contributed by atoms with Gasteiger partial charge in [0.1, 0.15) is 29.0 Å². The van der Waals surface area contributed by atoms with Gasteiger partial charge < -0.3 is 20.2 Å². The Balaban J connectivity index is 1.62. The predicted molar refractivity (Wildman–Crippen MR) is 120 cm³/mol. The van der Waals surface area contributed by atoms with Gasteiger partial charge in [0, 0.05) is 27.6 Å². The van der Waals surface area contributed by atoms with Crippen molar-refractivity contribution < 1.29 is 22.7 Å². The zero-order chi connectivity index (χ0) is 21.3. The zero-order valence-electron chi connectivity index (χ0n) is 15.9. The number of primary amides is 1. The number of hydrogen-bond donors (Lipinski definition) is 2. The minimum absolute atomic E-state index is 0.0897. The molecule has 3 N–H and O–H groups in total. The number of nitrogens with one attached hydrogen (secondary N) is 1. The Kier molecular flexibility index (Phi) is 6.00. The molecule has 1 unspecified atom stereocenters. The molecule has 1 fully saturated rings. The zero-order valence-corrected chi connectivity index (χ0v) is 18.9. The number of sulfonamides is 1. The molecule has 30 heavy (non-hydrogen) atoms. The largest absolute Gasteiger partial charge is 0.491 e. The first kappa shape index (κ1) is 21.1. The Morgan fingerprint density at radius 3 is 2.77 bits per heavy atom. The second-order valence-corrected chi connectivity index (χ2v) is 9.98. The fourth-order valence-corrected chi connectivity index (χ4v) is 5.71. The van der Waals surface area contributed by atoms with E-state index in [1.54, 1.807) is 12.1 Å². The number of nitrogens with zero attached hydrogens (tertiary/aromatic N) is 1. The van der Waals surface area contributed by atoms with E-state index in [9.17, 15) is 13.2 Å². The van der Waals surface area contributed by atoms with Crippen LogP contribution in [-0.4, -0.2) is 56.0 Å². The summed E-state index contributed by atoms with van der Waals surface area (Å²) in [5.74, 6) is -0.139. The quantitative estimate of drug-likeness (QED) is 0.465. The number of fused-ring (bicyclic) bond motifs is 1. The number of H-pyrrole nitrogens is 1. The van der Waals surface area contributed by atoms with Crippen molar-refractivity contribution in [2.75, 3.05) is 26.3 Å². The molecule has 2 aromatic carbocycles. The molecule has 1 atom stereocenters. The number of nitrogens with two attached hydrogens (primary N) is 1. The number of ether oxygens (including phenoxy) is 2. The Morgan fingerprint density at radius 1 is 1.27 bits per heavy atom. The van der Waals surface area contributed by atoms with Gasteiger partial charge >= 0.3 is 0 Å². The lowest BCUT2D eigenvalue weighted by atomic mass is 10.2. The topological polar surface area (TPSA) is 115 Å². The summed E-state index contributed by atoms with van der Waals surface area (Å²) < 4.78 is 40.6. The summed E-state index contributed by atoms with van der Waals surface area (Å²) in [7, 11) is -3.99. The summed E-state index contributed by atoms with van der Waals surface area (Å²) in [5, 5.41) is 0.444. The fourth-order valence-electron chi connectivity index (χ4n) is 3.43. The molecule has 1 aromatic heterocycles. The minimum atomic E-state index is -3.99. The number of aromatic nitrogens is 1. The number of benzene rings is 2. The van der Waals surface area contributed by atoms with E-state index < -0.39 is 22.0 Å². The van der Waals surface area contributed by atoms with Crippen LogP contribution in [0.5, 0.6) is 5.75 Å². The number of hydrogen-bond acceptors (Lipinski definition) is 5. The van der Waals surface area contributed by atoms with Gasteiger partial charge in [0.05, 0.1) is 6.61 Å². The maximum absolute atomic E-state index is 13.5. The van der Waals surface area contributed by atoms with Crippen LogP contribution in [0.1, 0.15) is 10.5 Å². The summed E-state index contributed by atoms with van der Waals surface area (Å²) in [6.45, 7) is 0.737. The van der Waals surface area contributed by atoms with Gasteiger partial charge in [0.15, 0.2) is 0 Å². The van der Waals surface area contributed by atoms with Crippen LogP contribution in [0.2, 0.25) is 0 Å². The van der Waals surface area contributed by atoms with Gasteiger partial charge in [-0.25, -0.2) is 8.42 Å². The second kappa shape index (κ2) is 8.53. The van der Waals surface area contributed by atoms with Gasteiger partial charge in [-0.1, -0.05) is 18.2 Å². The molecule has 1 saturated heterocycles. The highest BCUT2D eigenvalue weighted by atomic mass is 127. The van der Waals surface area contributed by atoms with Gasteiger partial charge in [0.2, 0.25) is 10.0 Å². The van der Waals surface area contributed by atoms with Crippen LogP contribution >= 0.6 is 22.6 Å². The molecule has 0 aliphatic carbocycles. The van der Waals surface area contributed by atoms with Gasteiger partial charge in [-0.2, -0.15) is 4.31 Å². The highest BCUT2D eigenvalue weighted by Crippen LogP contribution is 2.31. The van der Waals surface area contributed by atoms with Crippen molar-refractivity contribution in [3.8, 4) is 5.75 Å². The Bertz CT molecular complexity index is 1180. The fraction of sp³-hybridized carbons (Fsp3) is 0.250. The molecule has 0 radical (unpaired) electrons. The molecule has 158 valence electrons. The van der Waals surface area contributed by atoms with E-state index in [0.29, 0.717) is 16.7 Å². The lowest BCUT2D eigenvalue weighted by Crippen LogP contribution is -2.47. The first-order valence-electron chi connectivity index (χ1n) is 9.27. The molecule has 1 aliphatic heterocycles. The van der Waals surface area contributed by atoms with Crippen LogP contribution in [0, 0.1) is 3.57 Å². The Labute approximate surface area is 187 Å². The third-order valence-corrected chi connectivity index (χ3v) is 7.46. The standard InChI is InChI=1S/C20H20IN3O5S/c21-13-6-7-17-16(10-13)19(18(23-17)20(22)25)30(26,27)24-8-9-28-15(11-24)12-29-14-4-2-1-3-5-14/h1-7,10,15,23H,8-9,11-12H2,(H2,22,25). The molecule has 0 saturated carbocycles. The number of morpholine rings is 1. The summed E-state index contributed by atoms with van der Waals surface area (Å²) >= 11 is 2.10. The molecule has 3 aromatic rings. The number of aromatic amines is 1. The van der Waals surface area contributed by atoms with Crippen molar-refractivity contribution in [1.29, 1.82) is 0 Å².